The van der Waals surface area contributed by atoms with Crippen molar-refractivity contribution < 1.29 is 4.79 Å². The van der Waals surface area contributed by atoms with Gasteiger partial charge in [-0.3, -0.25) is 4.79 Å². The van der Waals surface area contributed by atoms with Gasteiger partial charge in [0.1, 0.15) is 6.29 Å². The van der Waals surface area contributed by atoms with E-state index in [1.54, 1.807) is 0 Å². The zero-order valence-electron chi connectivity index (χ0n) is 11.7. The maximum atomic E-state index is 11.1. The lowest BCUT2D eigenvalue weighted by atomic mass is 9.73. The van der Waals surface area contributed by atoms with E-state index in [0.717, 1.165) is 29.2 Å². The van der Waals surface area contributed by atoms with Crippen molar-refractivity contribution in [2.45, 2.75) is 32.1 Å². The number of benzene rings is 2. The first-order valence-corrected chi connectivity index (χ1v) is 7.85. The first-order valence-electron chi connectivity index (χ1n) is 7.06. The molecule has 0 unspecified atom stereocenters. The second-order valence-corrected chi connectivity index (χ2v) is 6.32. The maximum absolute atomic E-state index is 11.1. The molecule has 2 heteroatoms. The Morgan fingerprint density at radius 3 is 2.20 bits per heavy atom. The van der Waals surface area contributed by atoms with Gasteiger partial charge in [0, 0.05) is 15.5 Å². The van der Waals surface area contributed by atoms with Gasteiger partial charge in [-0.1, -0.05) is 48.0 Å². The van der Waals surface area contributed by atoms with Gasteiger partial charge in [0.25, 0.3) is 0 Å². The summed E-state index contributed by atoms with van der Waals surface area (Å²) in [7, 11) is 0. The van der Waals surface area contributed by atoms with Gasteiger partial charge in [-0.15, -0.1) is 0 Å². The Kier molecular flexibility index (Phi) is 3.29. The van der Waals surface area contributed by atoms with Crippen LogP contribution in [-0.2, 0) is 5.41 Å². The molecule has 0 spiro atoms. The molecule has 0 saturated heterocycles. The number of carbonyl (C=O) groups excluding carboxylic acids is 1. The van der Waals surface area contributed by atoms with E-state index in [1.807, 2.05) is 6.07 Å². The Bertz CT molecular complexity index is 684. The second-order valence-electron chi connectivity index (χ2n) is 5.40. The lowest BCUT2D eigenvalue weighted by molar-refractivity contribution is 0.112. The smallest absolute Gasteiger partial charge is 0.150 e. The van der Waals surface area contributed by atoms with Crippen LogP contribution in [0, 0.1) is 0 Å². The average molecular weight is 329 g/mol. The van der Waals surface area contributed by atoms with Crippen LogP contribution in [0.4, 0.5) is 0 Å². The van der Waals surface area contributed by atoms with Crippen LogP contribution >= 0.6 is 15.9 Å². The average Bonchev–Trinajstić information content (AvgIpc) is 2.76. The summed E-state index contributed by atoms with van der Waals surface area (Å²) in [6.07, 6.45) is 3.03. The zero-order valence-corrected chi connectivity index (χ0v) is 13.3. The van der Waals surface area contributed by atoms with Gasteiger partial charge in [0.05, 0.1) is 0 Å². The van der Waals surface area contributed by atoms with Crippen molar-refractivity contribution in [2.24, 2.45) is 0 Å². The van der Waals surface area contributed by atoms with E-state index in [0.29, 0.717) is 0 Å². The van der Waals surface area contributed by atoms with Gasteiger partial charge in [-0.2, -0.15) is 0 Å². The zero-order chi connectivity index (χ0) is 14.3. The van der Waals surface area contributed by atoms with Gasteiger partial charge in [0.2, 0.25) is 0 Å². The number of hydrogen-bond acceptors (Lipinski definition) is 1. The predicted molar refractivity (Wildman–Crippen MR) is 86.3 cm³/mol. The molecule has 0 amide bonds. The fraction of sp³-hybridized carbons (Fsp3) is 0.278. The topological polar surface area (TPSA) is 17.1 Å². The van der Waals surface area contributed by atoms with E-state index >= 15 is 0 Å². The van der Waals surface area contributed by atoms with E-state index in [-0.39, 0.29) is 5.41 Å². The number of aldehydes is 1. The van der Waals surface area contributed by atoms with E-state index in [9.17, 15) is 4.79 Å². The summed E-state index contributed by atoms with van der Waals surface area (Å²) in [6.45, 7) is 4.47. The van der Waals surface area contributed by atoms with Crippen molar-refractivity contribution in [1.82, 2.24) is 0 Å². The number of halogens is 1. The molecule has 0 atom stereocenters. The third-order valence-electron chi connectivity index (χ3n) is 4.69. The standard InChI is InChI=1S/C18H17BrO/c1-3-18(4-2)16-9-12(11-20)5-7-14(16)15-8-6-13(19)10-17(15)18/h5-11H,3-4H2,1-2H3. The molecule has 0 aromatic heterocycles. The highest BCUT2D eigenvalue weighted by molar-refractivity contribution is 9.10. The van der Waals surface area contributed by atoms with E-state index in [4.69, 9.17) is 0 Å². The molecule has 102 valence electrons. The molecule has 3 rings (SSSR count). The number of rotatable bonds is 3. The van der Waals surface area contributed by atoms with Gasteiger partial charge >= 0.3 is 0 Å². The van der Waals surface area contributed by atoms with Crippen molar-refractivity contribution in [3.63, 3.8) is 0 Å². The Morgan fingerprint density at radius 1 is 1.00 bits per heavy atom. The fourth-order valence-corrected chi connectivity index (χ4v) is 3.93. The highest BCUT2D eigenvalue weighted by Gasteiger charge is 2.40. The Labute approximate surface area is 128 Å². The first kappa shape index (κ1) is 13.6. The summed E-state index contributed by atoms with van der Waals surface area (Å²) in [5.41, 5.74) is 6.08. The molecule has 0 N–H and O–H groups in total. The predicted octanol–water partition coefficient (Wildman–Crippen LogP) is 5.35. The van der Waals surface area contributed by atoms with Crippen LogP contribution in [0.25, 0.3) is 11.1 Å². The van der Waals surface area contributed by atoms with Crippen molar-refractivity contribution in [3.05, 3.63) is 57.6 Å². The van der Waals surface area contributed by atoms with Gasteiger partial charge in [0.15, 0.2) is 0 Å². The van der Waals surface area contributed by atoms with Gasteiger partial charge in [-0.25, -0.2) is 0 Å². The molecular weight excluding hydrogens is 312 g/mol. The Morgan fingerprint density at radius 2 is 1.60 bits per heavy atom. The molecule has 0 aliphatic heterocycles. The molecule has 2 aromatic rings. The monoisotopic (exact) mass is 328 g/mol. The van der Waals surface area contributed by atoms with E-state index < -0.39 is 0 Å². The summed E-state index contributed by atoms with van der Waals surface area (Å²) in [5.74, 6) is 0. The van der Waals surface area contributed by atoms with Crippen molar-refractivity contribution in [3.8, 4) is 11.1 Å². The third kappa shape index (κ3) is 1.71. The van der Waals surface area contributed by atoms with E-state index in [1.165, 1.54) is 22.3 Å². The molecule has 0 radical (unpaired) electrons. The van der Waals surface area contributed by atoms with Crippen LogP contribution in [-0.4, -0.2) is 6.29 Å². The van der Waals surface area contributed by atoms with Crippen LogP contribution in [0.1, 0.15) is 48.2 Å². The summed E-state index contributed by atoms with van der Waals surface area (Å²) < 4.78 is 1.12. The SMILES string of the molecule is CCC1(CC)c2cc(Br)ccc2-c2ccc(C=O)cc21. The Balaban J connectivity index is 2.37. The molecule has 20 heavy (non-hydrogen) atoms. The Hall–Kier alpha value is -1.41. The lowest BCUT2D eigenvalue weighted by Gasteiger charge is -2.29. The minimum absolute atomic E-state index is 0.0352. The minimum atomic E-state index is 0.0352. The summed E-state index contributed by atoms with van der Waals surface area (Å²) in [6, 6.07) is 12.6. The highest BCUT2D eigenvalue weighted by atomic mass is 79.9. The fourth-order valence-electron chi connectivity index (χ4n) is 3.57. The van der Waals surface area contributed by atoms with Gasteiger partial charge in [-0.05, 0) is 53.3 Å². The third-order valence-corrected chi connectivity index (χ3v) is 5.18. The second kappa shape index (κ2) is 4.85. The van der Waals surface area contributed by atoms with Crippen LogP contribution < -0.4 is 0 Å². The maximum Gasteiger partial charge on any atom is 0.150 e. The summed E-state index contributed by atoms with van der Waals surface area (Å²) >= 11 is 3.59. The lowest BCUT2D eigenvalue weighted by Crippen LogP contribution is -2.23. The number of carbonyl (C=O) groups is 1. The highest BCUT2D eigenvalue weighted by Crippen LogP contribution is 2.53. The molecule has 0 saturated carbocycles. The number of hydrogen-bond donors (Lipinski definition) is 0. The molecule has 0 bridgehead atoms. The molecule has 1 aliphatic rings. The summed E-state index contributed by atoms with van der Waals surface area (Å²) in [5, 5.41) is 0. The van der Waals surface area contributed by atoms with Crippen LogP contribution in [0.15, 0.2) is 40.9 Å². The van der Waals surface area contributed by atoms with Crippen LogP contribution in [0.2, 0.25) is 0 Å². The number of fused-ring (bicyclic) bond motifs is 3. The quantitative estimate of drug-likeness (QED) is 0.694. The van der Waals surface area contributed by atoms with Crippen molar-refractivity contribution >= 4 is 22.2 Å². The van der Waals surface area contributed by atoms with Crippen molar-refractivity contribution in [2.75, 3.05) is 0 Å². The molecule has 0 heterocycles. The first-order chi connectivity index (χ1) is 9.66. The summed E-state index contributed by atoms with van der Waals surface area (Å²) in [4.78, 5) is 11.1. The van der Waals surface area contributed by atoms with Gasteiger partial charge < -0.3 is 0 Å². The van der Waals surface area contributed by atoms with Crippen molar-refractivity contribution in [1.29, 1.82) is 0 Å². The molecule has 2 aromatic carbocycles. The minimum Gasteiger partial charge on any atom is -0.298 e. The molecular formula is C18H17BrO. The molecule has 1 aliphatic carbocycles. The van der Waals surface area contributed by atoms with Crippen LogP contribution in [0.3, 0.4) is 0 Å². The van der Waals surface area contributed by atoms with E-state index in [2.05, 4.69) is 60.1 Å². The normalized spacial score (nSPS) is 14.8. The van der Waals surface area contributed by atoms with Crippen LogP contribution in [0.5, 0.6) is 0 Å². The largest absolute Gasteiger partial charge is 0.298 e. The molecule has 0 fully saturated rings. The molecule has 1 nitrogen and oxygen atoms in total.